The zero-order valence-electron chi connectivity index (χ0n) is 10.8. The summed E-state index contributed by atoms with van der Waals surface area (Å²) in [5, 5.41) is 11.6. The quantitative estimate of drug-likeness (QED) is 0.862. The maximum absolute atomic E-state index is 11.8. The molecule has 0 fully saturated rings. The zero-order valence-corrected chi connectivity index (χ0v) is 10.8. The molecule has 0 saturated carbocycles. The molecule has 0 atom stereocenters. The fourth-order valence-corrected chi connectivity index (χ4v) is 1.62. The van der Waals surface area contributed by atoms with E-state index >= 15 is 0 Å². The van der Waals surface area contributed by atoms with Gasteiger partial charge >= 0.3 is 12.0 Å². The fraction of sp³-hybridized carbons (Fsp3) is 0.385. The second-order valence-corrected chi connectivity index (χ2v) is 4.56. The van der Waals surface area contributed by atoms with E-state index in [2.05, 4.69) is 5.32 Å². The van der Waals surface area contributed by atoms with E-state index in [1.165, 1.54) is 11.0 Å². The summed E-state index contributed by atoms with van der Waals surface area (Å²) in [6, 6.07) is 6.03. The van der Waals surface area contributed by atoms with Crippen LogP contribution in [-0.4, -0.2) is 35.6 Å². The number of carboxylic acid groups (broad SMARTS) is 1. The minimum Gasteiger partial charge on any atom is -0.478 e. The minimum absolute atomic E-state index is 0.0868. The first-order valence-corrected chi connectivity index (χ1v) is 5.76. The third kappa shape index (κ3) is 3.76. The van der Waals surface area contributed by atoms with Crippen molar-refractivity contribution < 1.29 is 14.7 Å². The van der Waals surface area contributed by atoms with E-state index in [0.717, 1.165) is 0 Å². The number of para-hydroxylation sites is 1. The summed E-state index contributed by atoms with van der Waals surface area (Å²) in [6.45, 7) is 4.63. The van der Waals surface area contributed by atoms with Gasteiger partial charge in [-0.05, 0) is 18.1 Å². The van der Waals surface area contributed by atoms with Crippen molar-refractivity contribution in [3.05, 3.63) is 29.8 Å². The van der Waals surface area contributed by atoms with Crippen molar-refractivity contribution in [2.24, 2.45) is 5.92 Å². The highest BCUT2D eigenvalue weighted by Crippen LogP contribution is 2.15. The number of rotatable bonds is 4. The molecule has 0 aliphatic heterocycles. The van der Waals surface area contributed by atoms with Crippen LogP contribution in [0.5, 0.6) is 0 Å². The molecule has 1 aromatic rings. The zero-order chi connectivity index (χ0) is 13.7. The van der Waals surface area contributed by atoms with Gasteiger partial charge in [0.25, 0.3) is 0 Å². The van der Waals surface area contributed by atoms with Crippen LogP contribution in [0.4, 0.5) is 10.5 Å². The Morgan fingerprint density at radius 1 is 1.33 bits per heavy atom. The molecular weight excluding hydrogens is 232 g/mol. The lowest BCUT2D eigenvalue weighted by Crippen LogP contribution is -2.34. The predicted octanol–water partition coefficient (Wildman–Crippen LogP) is 2.50. The molecule has 0 aromatic heterocycles. The predicted molar refractivity (Wildman–Crippen MR) is 69.9 cm³/mol. The molecule has 98 valence electrons. The largest absolute Gasteiger partial charge is 0.478 e. The molecule has 0 heterocycles. The van der Waals surface area contributed by atoms with Crippen molar-refractivity contribution in [2.75, 3.05) is 18.9 Å². The van der Waals surface area contributed by atoms with Gasteiger partial charge in [0, 0.05) is 13.6 Å². The number of carbonyl (C=O) groups is 2. The van der Waals surface area contributed by atoms with Gasteiger partial charge in [-0.25, -0.2) is 9.59 Å². The van der Waals surface area contributed by atoms with Crippen molar-refractivity contribution in [1.82, 2.24) is 4.90 Å². The first-order valence-electron chi connectivity index (χ1n) is 5.76. The third-order valence-corrected chi connectivity index (χ3v) is 2.38. The van der Waals surface area contributed by atoms with E-state index in [1.807, 2.05) is 13.8 Å². The van der Waals surface area contributed by atoms with Crippen LogP contribution in [0.3, 0.4) is 0 Å². The summed E-state index contributed by atoms with van der Waals surface area (Å²) in [5.41, 5.74) is 0.398. The Morgan fingerprint density at radius 2 is 1.94 bits per heavy atom. The number of hydrogen-bond acceptors (Lipinski definition) is 2. The maximum Gasteiger partial charge on any atom is 0.337 e. The number of nitrogens with one attached hydrogen (secondary N) is 1. The highest BCUT2D eigenvalue weighted by atomic mass is 16.4. The van der Waals surface area contributed by atoms with Crippen molar-refractivity contribution >= 4 is 17.7 Å². The standard InChI is InChI=1S/C13H18N2O3/c1-9(2)8-15(3)13(18)14-11-7-5-4-6-10(11)12(16)17/h4-7,9H,8H2,1-3H3,(H,14,18)(H,16,17). The molecule has 0 radical (unpaired) electrons. The second kappa shape index (κ2) is 6.05. The third-order valence-electron chi connectivity index (χ3n) is 2.38. The molecule has 1 rings (SSSR count). The number of carboxylic acids is 1. The molecule has 0 saturated heterocycles. The summed E-state index contributed by atoms with van der Waals surface area (Å²) in [5.74, 6) is -0.701. The first-order chi connectivity index (χ1) is 8.41. The Labute approximate surface area is 106 Å². The molecule has 0 spiro atoms. The lowest BCUT2D eigenvalue weighted by Gasteiger charge is -2.20. The molecule has 5 nitrogen and oxygen atoms in total. The van der Waals surface area contributed by atoms with Gasteiger partial charge in [-0.15, -0.1) is 0 Å². The van der Waals surface area contributed by atoms with Gasteiger partial charge < -0.3 is 15.3 Å². The van der Waals surface area contributed by atoms with E-state index in [-0.39, 0.29) is 11.6 Å². The summed E-state index contributed by atoms with van der Waals surface area (Å²) in [6.07, 6.45) is 0. The molecule has 0 aliphatic rings. The molecule has 1 aromatic carbocycles. The van der Waals surface area contributed by atoms with E-state index in [4.69, 9.17) is 5.11 Å². The number of anilines is 1. The summed E-state index contributed by atoms with van der Waals surface area (Å²) < 4.78 is 0. The monoisotopic (exact) mass is 250 g/mol. The SMILES string of the molecule is CC(C)CN(C)C(=O)Nc1ccccc1C(=O)O. The lowest BCUT2D eigenvalue weighted by molar-refractivity contribution is 0.0698. The van der Waals surface area contributed by atoms with Crippen molar-refractivity contribution in [2.45, 2.75) is 13.8 Å². The Bertz CT molecular complexity index is 444. The normalized spacial score (nSPS) is 10.2. The Kier molecular flexibility index (Phi) is 4.71. The van der Waals surface area contributed by atoms with Crippen LogP contribution in [0.25, 0.3) is 0 Å². The van der Waals surface area contributed by atoms with Crippen molar-refractivity contribution in [3.63, 3.8) is 0 Å². The topological polar surface area (TPSA) is 69.6 Å². The average molecular weight is 250 g/mol. The van der Waals surface area contributed by atoms with Gasteiger partial charge in [-0.2, -0.15) is 0 Å². The number of nitrogens with zero attached hydrogens (tertiary/aromatic N) is 1. The molecule has 0 unspecified atom stereocenters. The Balaban J connectivity index is 2.79. The summed E-state index contributed by atoms with van der Waals surface area (Å²) in [7, 11) is 1.68. The van der Waals surface area contributed by atoms with Crippen molar-refractivity contribution in [1.29, 1.82) is 0 Å². The molecule has 18 heavy (non-hydrogen) atoms. The summed E-state index contributed by atoms with van der Waals surface area (Å²) >= 11 is 0. The lowest BCUT2D eigenvalue weighted by atomic mass is 10.2. The second-order valence-electron chi connectivity index (χ2n) is 4.56. The smallest absolute Gasteiger partial charge is 0.337 e. The van der Waals surface area contributed by atoms with Gasteiger partial charge in [0.2, 0.25) is 0 Å². The van der Waals surface area contributed by atoms with Crippen LogP contribution in [-0.2, 0) is 0 Å². The first kappa shape index (κ1) is 14.0. The van der Waals surface area contributed by atoms with Gasteiger partial charge in [-0.1, -0.05) is 26.0 Å². The van der Waals surface area contributed by atoms with Crippen LogP contribution < -0.4 is 5.32 Å². The van der Waals surface area contributed by atoms with E-state index in [9.17, 15) is 9.59 Å². The Morgan fingerprint density at radius 3 is 2.50 bits per heavy atom. The van der Waals surface area contributed by atoms with Gasteiger partial charge in [0.1, 0.15) is 0 Å². The molecule has 2 amide bonds. The number of hydrogen-bond donors (Lipinski definition) is 2. The number of urea groups is 1. The number of aromatic carboxylic acids is 1. The molecule has 0 bridgehead atoms. The van der Waals surface area contributed by atoms with Gasteiger partial charge in [-0.3, -0.25) is 0 Å². The maximum atomic E-state index is 11.8. The van der Waals surface area contributed by atoms with Crippen LogP contribution in [0.1, 0.15) is 24.2 Å². The van der Waals surface area contributed by atoms with Crippen LogP contribution in [0.2, 0.25) is 0 Å². The van der Waals surface area contributed by atoms with E-state index in [0.29, 0.717) is 18.2 Å². The van der Waals surface area contributed by atoms with Crippen molar-refractivity contribution in [3.8, 4) is 0 Å². The average Bonchev–Trinajstić information content (AvgIpc) is 2.28. The highest BCUT2D eigenvalue weighted by Gasteiger charge is 2.14. The molecule has 5 heteroatoms. The molecule has 0 aliphatic carbocycles. The number of carbonyl (C=O) groups excluding carboxylic acids is 1. The van der Waals surface area contributed by atoms with Crippen LogP contribution >= 0.6 is 0 Å². The van der Waals surface area contributed by atoms with E-state index < -0.39 is 5.97 Å². The van der Waals surface area contributed by atoms with Gasteiger partial charge in [0.15, 0.2) is 0 Å². The van der Waals surface area contributed by atoms with Crippen LogP contribution in [0.15, 0.2) is 24.3 Å². The summed E-state index contributed by atoms with van der Waals surface area (Å²) in [4.78, 5) is 24.4. The van der Waals surface area contributed by atoms with Gasteiger partial charge in [0.05, 0.1) is 11.3 Å². The minimum atomic E-state index is -1.06. The van der Waals surface area contributed by atoms with E-state index in [1.54, 1.807) is 25.2 Å². The number of amides is 2. The molecular formula is C13H18N2O3. The Hall–Kier alpha value is -2.04. The van der Waals surface area contributed by atoms with Crippen LogP contribution in [0, 0.1) is 5.92 Å². The highest BCUT2D eigenvalue weighted by molar-refractivity contribution is 5.99. The molecule has 2 N–H and O–H groups in total. The fourth-order valence-electron chi connectivity index (χ4n) is 1.62. The number of benzene rings is 1.